The lowest BCUT2D eigenvalue weighted by Crippen LogP contribution is -2.26. The lowest BCUT2D eigenvalue weighted by atomic mass is 10.0. The fourth-order valence-electron chi connectivity index (χ4n) is 4.28. The van der Waals surface area contributed by atoms with E-state index in [1.807, 2.05) is 6.07 Å². The minimum absolute atomic E-state index is 0.00936. The fraction of sp³-hybridized carbons (Fsp3) is 0.100. The number of aromatic nitrogens is 3. The topological polar surface area (TPSA) is 128 Å². The summed E-state index contributed by atoms with van der Waals surface area (Å²) >= 11 is 0. The van der Waals surface area contributed by atoms with Crippen LogP contribution in [0, 0.1) is 23.0 Å². The Bertz CT molecular complexity index is 1950. The molecule has 12 heteroatoms. The number of halogens is 2. The van der Waals surface area contributed by atoms with Gasteiger partial charge in [-0.3, -0.25) is 14.6 Å². The Labute approximate surface area is 237 Å². The molecule has 0 aliphatic heterocycles. The van der Waals surface area contributed by atoms with Gasteiger partial charge in [0.1, 0.15) is 28.7 Å². The number of anilines is 1. The number of rotatable bonds is 7. The first-order valence-corrected chi connectivity index (χ1v) is 12.3. The van der Waals surface area contributed by atoms with E-state index in [1.54, 1.807) is 6.07 Å². The van der Waals surface area contributed by atoms with E-state index in [2.05, 4.69) is 15.3 Å². The van der Waals surface area contributed by atoms with Crippen LogP contribution in [0.4, 0.5) is 14.5 Å². The fourth-order valence-corrected chi connectivity index (χ4v) is 4.28. The Hall–Kier alpha value is -5.83. The summed E-state index contributed by atoms with van der Waals surface area (Å²) in [5.41, 5.74) is -0.0545. The third-order valence-corrected chi connectivity index (χ3v) is 6.30. The van der Waals surface area contributed by atoms with Crippen molar-refractivity contribution in [3.63, 3.8) is 0 Å². The highest BCUT2D eigenvalue weighted by molar-refractivity contribution is 6.05. The number of methoxy groups -OCH3 is 2. The summed E-state index contributed by atoms with van der Waals surface area (Å²) < 4.78 is 46.2. The van der Waals surface area contributed by atoms with E-state index in [0.717, 1.165) is 18.2 Å². The number of fused-ring (bicyclic) bond motifs is 1. The number of nitrogens with zero attached hydrogens (tertiary/aromatic N) is 4. The monoisotopic (exact) mass is 569 g/mol. The van der Waals surface area contributed by atoms with Gasteiger partial charge in [0.15, 0.2) is 23.1 Å². The van der Waals surface area contributed by atoms with Crippen LogP contribution in [0.5, 0.6) is 23.1 Å². The van der Waals surface area contributed by atoms with E-state index in [-0.39, 0.29) is 45.5 Å². The Morgan fingerprint density at radius 2 is 1.76 bits per heavy atom. The normalized spacial score (nSPS) is 10.7. The van der Waals surface area contributed by atoms with E-state index >= 15 is 4.39 Å². The molecule has 210 valence electrons. The van der Waals surface area contributed by atoms with Crippen LogP contribution >= 0.6 is 0 Å². The minimum Gasteiger partial charge on any atom is -0.491 e. The van der Waals surface area contributed by atoms with E-state index in [9.17, 15) is 19.2 Å². The number of pyridine rings is 3. The molecule has 5 aromatic rings. The van der Waals surface area contributed by atoms with Gasteiger partial charge < -0.3 is 24.1 Å². The van der Waals surface area contributed by atoms with Crippen LogP contribution < -0.4 is 25.0 Å². The summed E-state index contributed by atoms with van der Waals surface area (Å²) in [6.07, 6.45) is 2.68. The molecule has 0 aliphatic rings. The van der Waals surface area contributed by atoms with Gasteiger partial charge >= 0.3 is 0 Å². The van der Waals surface area contributed by atoms with E-state index in [1.165, 1.54) is 68.6 Å². The second kappa shape index (κ2) is 11.3. The van der Waals surface area contributed by atoms with Crippen molar-refractivity contribution in [2.45, 2.75) is 0 Å². The summed E-state index contributed by atoms with van der Waals surface area (Å²) in [6, 6.07) is 13.8. The lowest BCUT2D eigenvalue weighted by Gasteiger charge is -2.13. The summed E-state index contributed by atoms with van der Waals surface area (Å²) in [5.74, 6) is -1.57. The first-order valence-electron chi connectivity index (χ1n) is 12.3. The molecule has 0 atom stereocenters. The highest BCUT2D eigenvalue weighted by Crippen LogP contribution is 2.35. The van der Waals surface area contributed by atoms with Crippen molar-refractivity contribution in [2.24, 2.45) is 7.05 Å². The van der Waals surface area contributed by atoms with Crippen LogP contribution in [0.3, 0.4) is 0 Å². The van der Waals surface area contributed by atoms with Crippen molar-refractivity contribution in [2.75, 3.05) is 19.5 Å². The highest BCUT2D eigenvalue weighted by Gasteiger charge is 2.21. The molecule has 0 saturated carbocycles. The highest BCUT2D eigenvalue weighted by atomic mass is 19.1. The molecule has 1 amide bonds. The Morgan fingerprint density at radius 3 is 2.43 bits per heavy atom. The number of aryl methyl sites for hydroxylation is 1. The standard InChI is InChI=1S/C30H21F2N5O5/c1-37-15-19(28(38)26(22(37)14-33)16-4-6-17(31)7-5-16)29(39)35-18-8-9-23(20(32)12-18)42-24-10-11-34-21-13-25(40-2)30(41-3)36-27(21)24/h4-13,15H,1-3H3,(H,35,39). The van der Waals surface area contributed by atoms with Crippen LogP contribution in [0.2, 0.25) is 0 Å². The molecule has 0 unspecified atom stereocenters. The van der Waals surface area contributed by atoms with Gasteiger partial charge in [-0.05, 0) is 29.8 Å². The number of ether oxygens (including phenoxy) is 3. The Morgan fingerprint density at radius 1 is 1.00 bits per heavy atom. The molecule has 3 aromatic heterocycles. The zero-order valence-corrected chi connectivity index (χ0v) is 22.4. The van der Waals surface area contributed by atoms with Gasteiger partial charge in [-0.2, -0.15) is 5.26 Å². The number of carbonyl (C=O) groups is 1. The molecular weight excluding hydrogens is 548 g/mol. The molecule has 0 spiro atoms. The average Bonchev–Trinajstić information content (AvgIpc) is 2.99. The molecule has 2 aromatic carbocycles. The van der Waals surface area contributed by atoms with Crippen LogP contribution in [0.15, 0.2) is 71.8 Å². The molecule has 42 heavy (non-hydrogen) atoms. The Kier molecular flexibility index (Phi) is 7.49. The molecule has 0 bridgehead atoms. The summed E-state index contributed by atoms with van der Waals surface area (Å²) in [4.78, 5) is 35.0. The van der Waals surface area contributed by atoms with Crippen molar-refractivity contribution in [3.8, 4) is 40.3 Å². The second-order valence-electron chi connectivity index (χ2n) is 8.90. The molecule has 0 fully saturated rings. The molecule has 0 saturated heterocycles. The van der Waals surface area contributed by atoms with Crippen LogP contribution in [-0.4, -0.2) is 34.7 Å². The number of nitriles is 1. The maximum atomic E-state index is 15.1. The predicted octanol–water partition coefficient (Wildman–Crippen LogP) is 5.21. The van der Waals surface area contributed by atoms with Crippen molar-refractivity contribution in [1.29, 1.82) is 5.26 Å². The van der Waals surface area contributed by atoms with Crippen molar-refractivity contribution < 1.29 is 27.8 Å². The summed E-state index contributed by atoms with van der Waals surface area (Å²) in [5, 5.41) is 12.1. The number of amides is 1. The smallest absolute Gasteiger partial charge is 0.261 e. The number of benzene rings is 2. The van der Waals surface area contributed by atoms with Crippen molar-refractivity contribution >= 4 is 22.6 Å². The molecule has 10 nitrogen and oxygen atoms in total. The van der Waals surface area contributed by atoms with Crippen molar-refractivity contribution in [3.05, 3.63) is 100 Å². The van der Waals surface area contributed by atoms with E-state index < -0.39 is 23.0 Å². The SMILES string of the molecule is COc1cc2nccc(Oc3ccc(NC(=O)c4cn(C)c(C#N)c(-c5ccc(F)cc5)c4=O)cc3F)c2nc1OC. The molecule has 5 rings (SSSR count). The molecule has 0 radical (unpaired) electrons. The van der Waals surface area contributed by atoms with Gasteiger partial charge in [0, 0.05) is 43.3 Å². The largest absolute Gasteiger partial charge is 0.491 e. The zero-order chi connectivity index (χ0) is 30.0. The second-order valence-corrected chi connectivity index (χ2v) is 8.90. The van der Waals surface area contributed by atoms with Crippen LogP contribution in [-0.2, 0) is 7.05 Å². The molecular formula is C30H21F2N5O5. The quantitative estimate of drug-likeness (QED) is 0.283. The number of hydrogen-bond donors (Lipinski definition) is 1. The number of hydrogen-bond acceptors (Lipinski definition) is 8. The Balaban J connectivity index is 1.43. The van der Waals surface area contributed by atoms with Gasteiger partial charge in [0.25, 0.3) is 11.8 Å². The zero-order valence-electron chi connectivity index (χ0n) is 22.4. The third kappa shape index (κ3) is 5.18. The van der Waals surface area contributed by atoms with E-state index in [0.29, 0.717) is 16.8 Å². The minimum atomic E-state index is -0.832. The van der Waals surface area contributed by atoms with Crippen LogP contribution in [0.1, 0.15) is 16.1 Å². The molecule has 3 heterocycles. The number of nitrogens with one attached hydrogen (secondary N) is 1. The first kappa shape index (κ1) is 27.7. The maximum Gasteiger partial charge on any atom is 0.261 e. The average molecular weight is 570 g/mol. The van der Waals surface area contributed by atoms with Gasteiger partial charge in [-0.25, -0.2) is 13.8 Å². The van der Waals surface area contributed by atoms with Gasteiger partial charge in [-0.1, -0.05) is 12.1 Å². The molecule has 0 aliphatic carbocycles. The summed E-state index contributed by atoms with van der Waals surface area (Å²) in [7, 11) is 4.39. The number of carbonyl (C=O) groups excluding carboxylic acids is 1. The lowest BCUT2D eigenvalue weighted by molar-refractivity contribution is 0.102. The van der Waals surface area contributed by atoms with Crippen LogP contribution in [0.25, 0.3) is 22.2 Å². The van der Waals surface area contributed by atoms with E-state index in [4.69, 9.17) is 14.2 Å². The predicted molar refractivity (Wildman–Crippen MR) is 149 cm³/mol. The third-order valence-electron chi connectivity index (χ3n) is 6.30. The van der Waals surface area contributed by atoms with Gasteiger partial charge in [0.2, 0.25) is 5.43 Å². The first-order chi connectivity index (χ1) is 20.2. The van der Waals surface area contributed by atoms with Crippen molar-refractivity contribution in [1.82, 2.24) is 14.5 Å². The summed E-state index contributed by atoms with van der Waals surface area (Å²) in [6.45, 7) is 0. The molecule has 1 N–H and O–H groups in total. The maximum absolute atomic E-state index is 15.1. The van der Waals surface area contributed by atoms with Gasteiger partial charge in [0.05, 0.1) is 25.3 Å². The van der Waals surface area contributed by atoms with Gasteiger partial charge in [-0.15, -0.1) is 0 Å².